The van der Waals surface area contributed by atoms with Crippen molar-refractivity contribution < 1.29 is 9.53 Å². The molecule has 0 atom stereocenters. The molecule has 0 aliphatic heterocycles. The van der Waals surface area contributed by atoms with Gasteiger partial charge in [0.25, 0.3) is 0 Å². The maximum atomic E-state index is 10.2. The summed E-state index contributed by atoms with van der Waals surface area (Å²) >= 11 is 0. The summed E-state index contributed by atoms with van der Waals surface area (Å²) < 4.78 is 5.39. The fourth-order valence-corrected chi connectivity index (χ4v) is 1.55. The highest BCUT2D eigenvalue weighted by Crippen LogP contribution is 2.19. The minimum atomic E-state index is 0.421. The highest BCUT2D eigenvalue weighted by molar-refractivity contribution is 5.60. The molecule has 0 heterocycles. The van der Waals surface area contributed by atoms with E-state index < -0.39 is 0 Å². The summed E-state index contributed by atoms with van der Waals surface area (Å²) in [5, 5.41) is 3.29. The molecule has 1 N–H and O–H groups in total. The topological polar surface area (TPSA) is 38.3 Å². The molecule has 2 aromatic rings. The number of carbonyl (C=O) groups excluding carboxylic acids is 1. The third-order valence-electron chi connectivity index (χ3n) is 2.42. The zero-order chi connectivity index (χ0) is 12.6. The van der Waals surface area contributed by atoms with E-state index in [-0.39, 0.29) is 0 Å². The second-order valence-electron chi connectivity index (χ2n) is 3.82. The summed E-state index contributed by atoms with van der Waals surface area (Å²) in [6, 6.07) is 17.6. The SMILES string of the molecule is O=CCCOc1ccc(Nc2ccccc2)cc1. The van der Waals surface area contributed by atoms with E-state index >= 15 is 0 Å². The van der Waals surface area contributed by atoms with Crippen molar-refractivity contribution in [2.75, 3.05) is 11.9 Å². The fourth-order valence-electron chi connectivity index (χ4n) is 1.55. The van der Waals surface area contributed by atoms with Crippen molar-refractivity contribution in [1.82, 2.24) is 0 Å². The number of aldehydes is 1. The van der Waals surface area contributed by atoms with Gasteiger partial charge in [0.1, 0.15) is 12.0 Å². The molecule has 0 bridgehead atoms. The van der Waals surface area contributed by atoms with Gasteiger partial charge in [0.05, 0.1) is 6.61 Å². The number of rotatable bonds is 6. The number of benzene rings is 2. The molecular weight excluding hydrogens is 226 g/mol. The molecule has 0 saturated heterocycles. The second kappa shape index (κ2) is 6.45. The van der Waals surface area contributed by atoms with Crippen molar-refractivity contribution in [3.63, 3.8) is 0 Å². The van der Waals surface area contributed by atoms with Crippen LogP contribution in [0.5, 0.6) is 5.75 Å². The first-order valence-electron chi connectivity index (χ1n) is 5.87. The molecule has 0 aliphatic carbocycles. The lowest BCUT2D eigenvalue weighted by Gasteiger charge is -2.08. The molecule has 0 fully saturated rings. The van der Waals surface area contributed by atoms with E-state index in [0.717, 1.165) is 23.4 Å². The molecule has 0 spiro atoms. The minimum Gasteiger partial charge on any atom is -0.493 e. The lowest BCUT2D eigenvalue weighted by molar-refractivity contribution is -0.108. The molecule has 2 aromatic carbocycles. The van der Waals surface area contributed by atoms with Gasteiger partial charge >= 0.3 is 0 Å². The monoisotopic (exact) mass is 241 g/mol. The van der Waals surface area contributed by atoms with Gasteiger partial charge in [-0.3, -0.25) is 0 Å². The molecule has 92 valence electrons. The van der Waals surface area contributed by atoms with E-state index in [2.05, 4.69) is 5.32 Å². The predicted octanol–water partition coefficient (Wildman–Crippen LogP) is 3.40. The smallest absolute Gasteiger partial charge is 0.123 e. The molecular formula is C15H15NO2. The Morgan fingerprint density at radius 1 is 0.944 bits per heavy atom. The van der Waals surface area contributed by atoms with E-state index in [1.54, 1.807) is 0 Å². The molecule has 0 aliphatic rings. The van der Waals surface area contributed by atoms with Crippen LogP contribution in [0.15, 0.2) is 54.6 Å². The van der Waals surface area contributed by atoms with Crippen LogP contribution < -0.4 is 10.1 Å². The van der Waals surface area contributed by atoms with Gasteiger partial charge in [0.15, 0.2) is 0 Å². The van der Waals surface area contributed by atoms with Crippen molar-refractivity contribution in [3.8, 4) is 5.75 Å². The first-order chi connectivity index (χ1) is 8.88. The van der Waals surface area contributed by atoms with Crippen molar-refractivity contribution in [1.29, 1.82) is 0 Å². The van der Waals surface area contributed by atoms with E-state index in [1.807, 2.05) is 54.6 Å². The lowest BCUT2D eigenvalue weighted by atomic mass is 10.2. The quantitative estimate of drug-likeness (QED) is 0.622. The molecule has 0 aromatic heterocycles. The Hall–Kier alpha value is -2.29. The van der Waals surface area contributed by atoms with Crippen molar-refractivity contribution in [2.24, 2.45) is 0 Å². The molecule has 0 unspecified atom stereocenters. The standard InChI is InChI=1S/C15H15NO2/c17-11-4-12-18-15-9-7-14(8-10-15)16-13-5-2-1-3-6-13/h1-3,5-11,16H,4,12H2. The summed E-state index contributed by atoms with van der Waals surface area (Å²) in [7, 11) is 0. The Balaban J connectivity index is 1.93. The van der Waals surface area contributed by atoms with Gasteiger partial charge in [-0.1, -0.05) is 18.2 Å². The molecule has 3 nitrogen and oxygen atoms in total. The Kier molecular flexibility index (Phi) is 4.36. The predicted molar refractivity (Wildman–Crippen MR) is 72.3 cm³/mol. The van der Waals surface area contributed by atoms with Crippen LogP contribution in [-0.4, -0.2) is 12.9 Å². The first-order valence-corrected chi connectivity index (χ1v) is 5.87. The zero-order valence-corrected chi connectivity index (χ0v) is 10.0. The zero-order valence-electron chi connectivity index (χ0n) is 10.0. The summed E-state index contributed by atoms with van der Waals surface area (Å²) in [6.45, 7) is 0.426. The highest BCUT2D eigenvalue weighted by atomic mass is 16.5. The van der Waals surface area contributed by atoms with Gasteiger partial charge in [-0.05, 0) is 36.4 Å². The van der Waals surface area contributed by atoms with Crippen molar-refractivity contribution in [3.05, 3.63) is 54.6 Å². The van der Waals surface area contributed by atoms with Crippen LogP contribution in [-0.2, 0) is 4.79 Å². The molecule has 0 radical (unpaired) electrons. The Morgan fingerprint density at radius 3 is 2.28 bits per heavy atom. The summed E-state index contributed by atoms with van der Waals surface area (Å²) in [4.78, 5) is 10.2. The lowest BCUT2D eigenvalue weighted by Crippen LogP contribution is -1.97. The van der Waals surface area contributed by atoms with Crippen molar-refractivity contribution >= 4 is 17.7 Å². The molecule has 3 heteroatoms. The maximum Gasteiger partial charge on any atom is 0.123 e. The Morgan fingerprint density at radius 2 is 1.61 bits per heavy atom. The van der Waals surface area contributed by atoms with Gasteiger partial charge < -0.3 is 14.8 Å². The normalized spacial score (nSPS) is 9.78. The van der Waals surface area contributed by atoms with Crippen LogP contribution >= 0.6 is 0 Å². The van der Waals surface area contributed by atoms with Crippen molar-refractivity contribution in [2.45, 2.75) is 6.42 Å². The highest BCUT2D eigenvalue weighted by Gasteiger charge is 1.96. The Labute approximate surface area is 106 Å². The van der Waals surface area contributed by atoms with Crippen LogP contribution in [0, 0.1) is 0 Å². The van der Waals surface area contributed by atoms with Crippen LogP contribution in [0.2, 0.25) is 0 Å². The second-order valence-corrected chi connectivity index (χ2v) is 3.82. The molecule has 0 saturated carbocycles. The van der Waals surface area contributed by atoms with Gasteiger partial charge in [0, 0.05) is 17.8 Å². The third-order valence-corrected chi connectivity index (χ3v) is 2.42. The molecule has 2 rings (SSSR count). The third kappa shape index (κ3) is 3.63. The van der Waals surface area contributed by atoms with E-state index in [1.165, 1.54) is 0 Å². The largest absolute Gasteiger partial charge is 0.493 e. The van der Waals surface area contributed by atoms with E-state index in [4.69, 9.17) is 4.74 Å². The minimum absolute atomic E-state index is 0.421. The average Bonchev–Trinajstić information content (AvgIpc) is 2.42. The van der Waals surface area contributed by atoms with Crippen LogP contribution in [0.1, 0.15) is 6.42 Å². The van der Waals surface area contributed by atoms with Crippen LogP contribution in [0.25, 0.3) is 0 Å². The molecule has 18 heavy (non-hydrogen) atoms. The number of carbonyl (C=O) groups is 1. The summed E-state index contributed by atoms with van der Waals surface area (Å²) in [6.07, 6.45) is 1.27. The van der Waals surface area contributed by atoms with Gasteiger partial charge in [-0.15, -0.1) is 0 Å². The van der Waals surface area contributed by atoms with Crippen LogP contribution in [0.4, 0.5) is 11.4 Å². The number of para-hydroxylation sites is 1. The summed E-state index contributed by atoms with van der Waals surface area (Å²) in [5.41, 5.74) is 2.05. The molecule has 0 amide bonds. The number of hydrogen-bond donors (Lipinski definition) is 1. The number of hydrogen-bond acceptors (Lipinski definition) is 3. The Bertz CT molecular complexity index is 480. The van der Waals surface area contributed by atoms with Gasteiger partial charge in [-0.2, -0.15) is 0 Å². The number of ether oxygens (including phenoxy) is 1. The van der Waals surface area contributed by atoms with E-state index in [0.29, 0.717) is 13.0 Å². The van der Waals surface area contributed by atoms with E-state index in [9.17, 15) is 4.79 Å². The summed E-state index contributed by atoms with van der Waals surface area (Å²) in [5.74, 6) is 0.774. The number of nitrogens with one attached hydrogen (secondary N) is 1. The fraction of sp³-hybridized carbons (Fsp3) is 0.133. The van der Waals surface area contributed by atoms with Gasteiger partial charge in [-0.25, -0.2) is 0 Å². The average molecular weight is 241 g/mol. The van der Waals surface area contributed by atoms with Gasteiger partial charge in [0.2, 0.25) is 0 Å². The first kappa shape index (κ1) is 12.2. The number of anilines is 2. The van der Waals surface area contributed by atoms with Crippen LogP contribution in [0.3, 0.4) is 0 Å². The maximum absolute atomic E-state index is 10.2.